The van der Waals surface area contributed by atoms with E-state index in [1.807, 2.05) is 11.9 Å². The number of hydrogen-bond acceptors (Lipinski definition) is 3. The van der Waals surface area contributed by atoms with Gasteiger partial charge in [0.2, 0.25) is 11.8 Å². The van der Waals surface area contributed by atoms with Gasteiger partial charge in [0.05, 0.1) is 6.42 Å². The van der Waals surface area contributed by atoms with Crippen molar-refractivity contribution in [3.05, 3.63) is 0 Å². The summed E-state index contributed by atoms with van der Waals surface area (Å²) in [7, 11) is 1.85. The number of amides is 2. The van der Waals surface area contributed by atoms with E-state index in [1.54, 1.807) is 4.90 Å². The molecular formula is C14H22N2O4. The molecule has 0 saturated carbocycles. The molecule has 20 heavy (non-hydrogen) atoms. The molecule has 0 bridgehead atoms. The summed E-state index contributed by atoms with van der Waals surface area (Å²) in [5, 5.41) is 8.63. The average molecular weight is 282 g/mol. The van der Waals surface area contributed by atoms with E-state index in [9.17, 15) is 14.4 Å². The predicted molar refractivity (Wildman–Crippen MR) is 72.0 cm³/mol. The third-order valence-electron chi connectivity index (χ3n) is 4.46. The number of nitrogens with zero attached hydrogens (tertiary/aromatic N) is 2. The Labute approximate surface area is 118 Å². The zero-order chi connectivity index (χ0) is 14.7. The number of piperidine rings is 1. The van der Waals surface area contributed by atoms with Crippen LogP contribution in [0.25, 0.3) is 0 Å². The highest BCUT2D eigenvalue weighted by atomic mass is 16.4. The van der Waals surface area contributed by atoms with Crippen molar-refractivity contribution in [2.24, 2.45) is 5.92 Å². The number of carbonyl (C=O) groups excluding carboxylic acids is 2. The Morgan fingerprint density at radius 2 is 2.05 bits per heavy atom. The predicted octanol–water partition coefficient (Wildman–Crippen LogP) is 0.711. The van der Waals surface area contributed by atoms with Crippen molar-refractivity contribution in [3.8, 4) is 0 Å². The first-order chi connectivity index (χ1) is 9.49. The summed E-state index contributed by atoms with van der Waals surface area (Å²) in [6.45, 7) is 1.28. The highest BCUT2D eigenvalue weighted by molar-refractivity contribution is 5.81. The molecule has 2 saturated heterocycles. The molecule has 112 valence electrons. The molecule has 6 nitrogen and oxygen atoms in total. The molecule has 2 rings (SSSR count). The van der Waals surface area contributed by atoms with E-state index in [-0.39, 0.29) is 30.7 Å². The van der Waals surface area contributed by atoms with Crippen LogP contribution in [0, 0.1) is 5.92 Å². The number of hydrogen-bond donors (Lipinski definition) is 1. The Morgan fingerprint density at radius 3 is 2.75 bits per heavy atom. The van der Waals surface area contributed by atoms with E-state index < -0.39 is 5.97 Å². The van der Waals surface area contributed by atoms with Gasteiger partial charge in [-0.25, -0.2) is 0 Å². The van der Waals surface area contributed by atoms with E-state index in [0.29, 0.717) is 25.4 Å². The van der Waals surface area contributed by atoms with Crippen molar-refractivity contribution in [1.29, 1.82) is 0 Å². The van der Waals surface area contributed by atoms with Gasteiger partial charge in [0.25, 0.3) is 0 Å². The fourth-order valence-corrected chi connectivity index (χ4v) is 3.29. The number of carbonyl (C=O) groups is 3. The molecule has 0 unspecified atom stereocenters. The Hall–Kier alpha value is -1.59. The number of carboxylic acid groups (broad SMARTS) is 1. The van der Waals surface area contributed by atoms with Gasteiger partial charge in [-0.2, -0.15) is 0 Å². The van der Waals surface area contributed by atoms with Gasteiger partial charge in [-0.1, -0.05) is 0 Å². The Morgan fingerprint density at radius 1 is 1.30 bits per heavy atom. The van der Waals surface area contributed by atoms with Crippen molar-refractivity contribution in [2.75, 3.05) is 20.1 Å². The van der Waals surface area contributed by atoms with Crippen LogP contribution < -0.4 is 0 Å². The second-order valence-corrected chi connectivity index (χ2v) is 5.75. The number of carboxylic acids is 1. The molecule has 0 aromatic rings. The van der Waals surface area contributed by atoms with Crippen LogP contribution >= 0.6 is 0 Å². The molecule has 2 amide bonds. The Balaban J connectivity index is 1.94. The van der Waals surface area contributed by atoms with Gasteiger partial charge < -0.3 is 14.9 Å². The van der Waals surface area contributed by atoms with Gasteiger partial charge in [0, 0.05) is 39.0 Å². The minimum atomic E-state index is -0.937. The lowest BCUT2D eigenvalue weighted by Crippen LogP contribution is -2.51. The third kappa shape index (κ3) is 3.29. The summed E-state index contributed by atoms with van der Waals surface area (Å²) >= 11 is 0. The van der Waals surface area contributed by atoms with Gasteiger partial charge in [0.15, 0.2) is 0 Å². The maximum Gasteiger partial charge on any atom is 0.303 e. The Bertz CT molecular complexity index is 410. The monoisotopic (exact) mass is 282 g/mol. The summed E-state index contributed by atoms with van der Waals surface area (Å²) in [5.41, 5.74) is 0. The molecule has 2 fully saturated rings. The molecule has 0 radical (unpaired) electrons. The highest BCUT2D eigenvalue weighted by Crippen LogP contribution is 2.29. The molecule has 2 aliphatic heterocycles. The van der Waals surface area contributed by atoms with E-state index >= 15 is 0 Å². The third-order valence-corrected chi connectivity index (χ3v) is 4.46. The smallest absolute Gasteiger partial charge is 0.303 e. The van der Waals surface area contributed by atoms with Crippen molar-refractivity contribution in [1.82, 2.24) is 9.80 Å². The van der Waals surface area contributed by atoms with Crippen LogP contribution in [-0.2, 0) is 14.4 Å². The first-order valence-corrected chi connectivity index (χ1v) is 7.24. The van der Waals surface area contributed by atoms with Crippen molar-refractivity contribution < 1.29 is 19.5 Å². The minimum Gasteiger partial charge on any atom is -0.481 e. The van der Waals surface area contributed by atoms with Gasteiger partial charge >= 0.3 is 5.97 Å². The number of aliphatic carboxylic acids is 1. The fraction of sp³-hybridized carbons (Fsp3) is 0.786. The van der Waals surface area contributed by atoms with Crippen LogP contribution in [0.4, 0.5) is 0 Å². The first-order valence-electron chi connectivity index (χ1n) is 7.24. The molecular weight excluding hydrogens is 260 g/mol. The molecule has 2 heterocycles. The average Bonchev–Trinajstić information content (AvgIpc) is 2.56. The lowest BCUT2D eigenvalue weighted by Gasteiger charge is -2.41. The highest BCUT2D eigenvalue weighted by Gasteiger charge is 2.36. The largest absolute Gasteiger partial charge is 0.481 e. The Kier molecular flexibility index (Phi) is 4.62. The lowest BCUT2D eigenvalue weighted by molar-refractivity contribution is -0.142. The summed E-state index contributed by atoms with van der Waals surface area (Å²) in [6, 6.07) is 0.230. The van der Waals surface area contributed by atoms with Crippen LogP contribution in [0.2, 0.25) is 0 Å². The molecule has 0 aromatic heterocycles. The van der Waals surface area contributed by atoms with E-state index in [1.165, 1.54) is 0 Å². The summed E-state index contributed by atoms with van der Waals surface area (Å²) in [6.07, 6.45) is 3.19. The topological polar surface area (TPSA) is 77.9 Å². The van der Waals surface area contributed by atoms with E-state index in [2.05, 4.69) is 0 Å². The van der Waals surface area contributed by atoms with Gasteiger partial charge in [0.1, 0.15) is 0 Å². The second-order valence-electron chi connectivity index (χ2n) is 5.75. The summed E-state index contributed by atoms with van der Waals surface area (Å²) in [4.78, 5) is 38.0. The molecule has 2 atom stereocenters. The fourth-order valence-electron chi connectivity index (χ4n) is 3.29. The van der Waals surface area contributed by atoms with E-state index in [4.69, 9.17) is 5.11 Å². The maximum absolute atomic E-state index is 12.0. The summed E-state index contributed by atoms with van der Waals surface area (Å²) < 4.78 is 0. The molecule has 1 N–H and O–H groups in total. The van der Waals surface area contributed by atoms with Crippen molar-refractivity contribution in [3.63, 3.8) is 0 Å². The van der Waals surface area contributed by atoms with Crippen molar-refractivity contribution >= 4 is 17.8 Å². The summed E-state index contributed by atoms with van der Waals surface area (Å²) in [5.74, 6) is -0.491. The molecule has 0 spiro atoms. The molecule has 6 heteroatoms. The van der Waals surface area contributed by atoms with Gasteiger partial charge in [-0.05, 0) is 25.2 Å². The number of likely N-dealkylation sites (tertiary alicyclic amines) is 2. The zero-order valence-corrected chi connectivity index (χ0v) is 11.9. The minimum absolute atomic E-state index is 0.0709. The second kappa shape index (κ2) is 6.24. The molecule has 2 aliphatic rings. The number of rotatable bonds is 3. The quantitative estimate of drug-likeness (QED) is 0.827. The van der Waals surface area contributed by atoms with Gasteiger partial charge in [-0.15, -0.1) is 0 Å². The molecule has 0 aliphatic carbocycles. The van der Waals surface area contributed by atoms with Crippen LogP contribution in [0.1, 0.15) is 38.5 Å². The normalized spacial score (nSPS) is 26.9. The van der Waals surface area contributed by atoms with E-state index in [0.717, 1.165) is 19.3 Å². The zero-order valence-electron chi connectivity index (χ0n) is 11.9. The van der Waals surface area contributed by atoms with Gasteiger partial charge in [-0.3, -0.25) is 14.4 Å². The maximum atomic E-state index is 12.0. The van der Waals surface area contributed by atoms with Crippen molar-refractivity contribution in [2.45, 2.75) is 44.6 Å². The lowest BCUT2D eigenvalue weighted by atomic mass is 9.88. The standard InChI is InChI=1S/C14H22N2O4/c1-15-11-7-8-16(13(18)5-6-14(19)20)9-10(11)3-2-4-12(15)17/h10-11H,2-9H2,1H3,(H,19,20)/t10-,11+/m0/s1. The van der Waals surface area contributed by atoms with Crippen LogP contribution in [0.5, 0.6) is 0 Å². The first kappa shape index (κ1) is 14.8. The van der Waals surface area contributed by atoms with Crippen LogP contribution in [-0.4, -0.2) is 58.9 Å². The number of fused-ring (bicyclic) bond motifs is 1. The molecule has 0 aromatic carbocycles. The van der Waals surface area contributed by atoms with Crippen LogP contribution in [0.15, 0.2) is 0 Å². The van der Waals surface area contributed by atoms with Crippen LogP contribution in [0.3, 0.4) is 0 Å². The SMILES string of the molecule is CN1C(=O)CCC[C@H]2CN(C(=O)CCC(=O)O)CC[C@H]21.